The lowest BCUT2D eigenvalue weighted by Crippen LogP contribution is -2.27. The molecule has 0 radical (unpaired) electrons. The first-order valence-electron chi connectivity index (χ1n) is 5.24. The second kappa shape index (κ2) is 6.64. The molecule has 18 heavy (non-hydrogen) atoms. The van der Waals surface area contributed by atoms with Crippen molar-refractivity contribution in [2.45, 2.75) is 12.7 Å². The Labute approximate surface area is 105 Å². The van der Waals surface area contributed by atoms with Gasteiger partial charge in [0, 0.05) is 19.8 Å². The van der Waals surface area contributed by atoms with Gasteiger partial charge in [-0.25, -0.2) is 0 Å². The summed E-state index contributed by atoms with van der Waals surface area (Å²) in [5.41, 5.74) is 0.845. The van der Waals surface area contributed by atoms with E-state index in [2.05, 4.69) is 0 Å². The number of methoxy groups -OCH3 is 2. The first kappa shape index (κ1) is 14.0. The van der Waals surface area contributed by atoms with E-state index < -0.39 is 12.1 Å². The lowest BCUT2D eigenvalue weighted by molar-refractivity contribution is -0.155. The van der Waals surface area contributed by atoms with E-state index in [1.807, 2.05) is 6.07 Å². The number of Topliss-reactive ketones (excluding diaryl/α,β-unsaturated/α-hetero) is 2. The van der Waals surface area contributed by atoms with E-state index >= 15 is 0 Å². The minimum atomic E-state index is -1.02. The normalized spacial score (nSPS) is 10.1. The Hall–Kier alpha value is -2.03. The lowest BCUT2D eigenvalue weighted by Gasteiger charge is -2.11. The predicted octanol–water partition coefficient (Wildman–Crippen LogP) is 1.32. The topological polar surface area (TPSA) is 76.4 Å². The molecule has 0 atom stereocenters. The number of benzene rings is 1. The fraction of sp³-hybridized carbons (Fsp3) is 0.308. The molecule has 5 heteroatoms. The average molecular weight is 247 g/mol. The van der Waals surface area contributed by atoms with Gasteiger partial charge in [-0.2, -0.15) is 5.26 Å². The summed E-state index contributed by atoms with van der Waals surface area (Å²) in [4.78, 5) is 23.4. The van der Waals surface area contributed by atoms with Crippen molar-refractivity contribution < 1.29 is 19.1 Å². The molecule has 0 N–H and O–H groups in total. The van der Waals surface area contributed by atoms with Crippen LogP contribution in [0.4, 0.5) is 0 Å². The first-order chi connectivity index (χ1) is 8.62. The molecule has 0 fully saturated rings. The number of carbonyl (C=O) groups excluding carboxylic acids is 2. The average Bonchev–Trinajstić information content (AvgIpc) is 2.40. The minimum Gasteiger partial charge on any atom is -0.349 e. The number of hydrogen-bond acceptors (Lipinski definition) is 5. The SMILES string of the molecule is COC(OC)C(=O)CC(=O)c1ccc(C#N)cc1. The molecule has 5 nitrogen and oxygen atoms in total. The van der Waals surface area contributed by atoms with Gasteiger partial charge in [0.05, 0.1) is 18.1 Å². The standard InChI is InChI=1S/C13H13NO4/c1-17-13(18-2)12(16)7-11(15)10-5-3-9(8-14)4-6-10/h3-6,13H,7H2,1-2H3. The molecule has 0 aliphatic heterocycles. The Morgan fingerprint density at radius 3 is 2.22 bits per heavy atom. The zero-order chi connectivity index (χ0) is 13.5. The summed E-state index contributed by atoms with van der Waals surface area (Å²) >= 11 is 0. The van der Waals surface area contributed by atoms with Gasteiger partial charge in [-0.05, 0) is 12.1 Å². The molecule has 0 aliphatic carbocycles. The van der Waals surface area contributed by atoms with E-state index in [0.717, 1.165) is 0 Å². The second-order valence-electron chi connectivity index (χ2n) is 3.56. The molecule has 1 rings (SSSR count). The van der Waals surface area contributed by atoms with Gasteiger partial charge in [0.15, 0.2) is 11.6 Å². The smallest absolute Gasteiger partial charge is 0.217 e. The highest BCUT2D eigenvalue weighted by Crippen LogP contribution is 2.08. The van der Waals surface area contributed by atoms with Crippen LogP contribution < -0.4 is 0 Å². The zero-order valence-electron chi connectivity index (χ0n) is 10.2. The molecule has 0 aliphatic rings. The van der Waals surface area contributed by atoms with E-state index in [1.165, 1.54) is 38.5 Å². The summed E-state index contributed by atoms with van der Waals surface area (Å²) in [6, 6.07) is 8.04. The molecule has 0 saturated heterocycles. The number of carbonyl (C=O) groups is 2. The van der Waals surface area contributed by atoms with Crippen LogP contribution in [0.15, 0.2) is 24.3 Å². The van der Waals surface area contributed by atoms with Gasteiger partial charge < -0.3 is 9.47 Å². The van der Waals surface area contributed by atoms with Gasteiger partial charge >= 0.3 is 0 Å². The zero-order valence-corrected chi connectivity index (χ0v) is 10.2. The summed E-state index contributed by atoms with van der Waals surface area (Å²) in [6.45, 7) is 0. The predicted molar refractivity (Wildman–Crippen MR) is 62.9 cm³/mol. The van der Waals surface area contributed by atoms with Crippen LogP contribution in [0.3, 0.4) is 0 Å². The monoisotopic (exact) mass is 247 g/mol. The highest BCUT2D eigenvalue weighted by Gasteiger charge is 2.20. The Morgan fingerprint density at radius 2 is 1.78 bits per heavy atom. The van der Waals surface area contributed by atoms with E-state index in [-0.39, 0.29) is 12.2 Å². The van der Waals surface area contributed by atoms with Crippen LogP contribution in [-0.4, -0.2) is 32.1 Å². The van der Waals surface area contributed by atoms with Crippen LogP contribution in [-0.2, 0) is 14.3 Å². The number of ether oxygens (including phenoxy) is 2. The molecule has 0 unspecified atom stereocenters. The summed E-state index contributed by atoms with van der Waals surface area (Å²) in [5.74, 6) is -0.766. The van der Waals surface area contributed by atoms with Gasteiger partial charge in [0.1, 0.15) is 0 Å². The Morgan fingerprint density at radius 1 is 1.22 bits per heavy atom. The van der Waals surface area contributed by atoms with Crippen LogP contribution in [0.25, 0.3) is 0 Å². The summed E-state index contributed by atoms with van der Waals surface area (Å²) in [6.07, 6.45) is -1.31. The molecule has 0 amide bonds. The van der Waals surface area contributed by atoms with E-state index in [4.69, 9.17) is 14.7 Å². The van der Waals surface area contributed by atoms with Crippen molar-refractivity contribution >= 4 is 11.6 Å². The van der Waals surface area contributed by atoms with Gasteiger partial charge in [0.25, 0.3) is 0 Å². The summed E-state index contributed by atoms with van der Waals surface area (Å²) < 4.78 is 9.53. The molecule has 1 aromatic carbocycles. The molecule has 0 heterocycles. The van der Waals surface area contributed by atoms with Gasteiger partial charge in [0.2, 0.25) is 6.29 Å². The number of nitrogens with zero attached hydrogens (tertiary/aromatic N) is 1. The fourth-order valence-electron chi connectivity index (χ4n) is 1.43. The van der Waals surface area contributed by atoms with Crippen molar-refractivity contribution in [2.24, 2.45) is 0 Å². The van der Waals surface area contributed by atoms with Crippen LogP contribution in [0, 0.1) is 11.3 Å². The third-order valence-corrected chi connectivity index (χ3v) is 2.36. The highest BCUT2D eigenvalue weighted by molar-refractivity contribution is 6.08. The van der Waals surface area contributed by atoms with Crippen molar-refractivity contribution in [3.8, 4) is 6.07 Å². The molecule has 0 bridgehead atoms. The van der Waals surface area contributed by atoms with Crippen LogP contribution in [0.5, 0.6) is 0 Å². The number of nitriles is 1. The van der Waals surface area contributed by atoms with Gasteiger partial charge in [-0.3, -0.25) is 9.59 Å². The Balaban J connectivity index is 2.70. The van der Waals surface area contributed by atoms with Crippen LogP contribution >= 0.6 is 0 Å². The number of rotatable bonds is 6. The maximum absolute atomic E-state index is 11.8. The Kier molecular flexibility index (Phi) is 5.18. The molecule has 0 spiro atoms. The van der Waals surface area contributed by atoms with Crippen molar-refractivity contribution in [3.63, 3.8) is 0 Å². The van der Waals surface area contributed by atoms with Gasteiger partial charge in [-0.1, -0.05) is 12.1 Å². The van der Waals surface area contributed by atoms with E-state index in [1.54, 1.807) is 0 Å². The molecule has 94 valence electrons. The summed E-state index contributed by atoms with van der Waals surface area (Å²) in [5, 5.41) is 8.63. The van der Waals surface area contributed by atoms with Crippen molar-refractivity contribution in [1.29, 1.82) is 5.26 Å². The fourth-order valence-corrected chi connectivity index (χ4v) is 1.43. The maximum Gasteiger partial charge on any atom is 0.217 e. The van der Waals surface area contributed by atoms with Crippen molar-refractivity contribution in [2.75, 3.05) is 14.2 Å². The lowest BCUT2D eigenvalue weighted by atomic mass is 10.0. The molecule has 0 aromatic heterocycles. The highest BCUT2D eigenvalue weighted by atomic mass is 16.7. The largest absolute Gasteiger partial charge is 0.349 e. The van der Waals surface area contributed by atoms with Crippen LogP contribution in [0.2, 0.25) is 0 Å². The van der Waals surface area contributed by atoms with Crippen molar-refractivity contribution in [1.82, 2.24) is 0 Å². The molecular weight excluding hydrogens is 234 g/mol. The second-order valence-corrected chi connectivity index (χ2v) is 3.56. The quantitative estimate of drug-likeness (QED) is 0.430. The van der Waals surface area contributed by atoms with Crippen molar-refractivity contribution in [3.05, 3.63) is 35.4 Å². The summed E-state index contributed by atoms with van der Waals surface area (Å²) in [7, 11) is 2.66. The molecular formula is C13H13NO4. The maximum atomic E-state index is 11.8. The molecule has 0 saturated carbocycles. The number of hydrogen-bond donors (Lipinski definition) is 0. The van der Waals surface area contributed by atoms with Gasteiger partial charge in [-0.15, -0.1) is 0 Å². The van der Waals surface area contributed by atoms with Crippen LogP contribution in [0.1, 0.15) is 22.3 Å². The third-order valence-electron chi connectivity index (χ3n) is 2.36. The third kappa shape index (κ3) is 3.48. The number of ketones is 2. The molecule has 1 aromatic rings. The first-order valence-corrected chi connectivity index (χ1v) is 5.24. The Bertz CT molecular complexity index is 469. The minimum absolute atomic E-state index is 0.293. The van der Waals surface area contributed by atoms with E-state index in [9.17, 15) is 9.59 Å². The van der Waals surface area contributed by atoms with E-state index in [0.29, 0.717) is 11.1 Å².